The highest BCUT2D eigenvalue weighted by Crippen LogP contribution is 2.74. The molecule has 5 aliphatic carbocycles. The molecule has 1 aromatic rings. The van der Waals surface area contributed by atoms with E-state index in [0.29, 0.717) is 0 Å². The Balaban J connectivity index is 1.53. The van der Waals surface area contributed by atoms with Gasteiger partial charge in [-0.1, -0.05) is 60.1 Å². The molecule has 1 aromatic heterocycles. The Labute approximate surface area is 238 Å². The van der Waals surface area contributed by atoms with E-state index in [-0.39, 0.29) is 57.0 Å². The number of nitrogens with zero attached hydrogens (tertiary/aromatic N) is 3. The number of imidazole rings is 1. The van der Waals surface area contributed by atoms with E-state index in [1.54, 1.807) is 23.3 Å². The number of Topliss-reactive ketones (excluding diaryl/α,β-unsaturated/α-hetero) is 1. The summed E-state index contributed by atoms with van der Waals surface area (Å²) in [4.78, 5) is 46.2. The molecule has 0 bridgehead atoms. The highest BCUT2D eigenvalue weighted by Gasteiger charge is 2.70. The Morgan fingerprint density at radius 2 is 1.73 bits per heavy atom. The Bertz CT molecular complexity index is 1420. The van der Waals surface area contributed by atoms with E-state index in [2.05, 4.69) is 45.7 Å². The normalized spacial score (nSPS) is 43.2. The third kappa shape index (κ3) is 3.21. The molecule has 5 aliphatic rings. The van der Waals surface area contributed by atoms with Crippen molar-refractivity contribution in [3.8, 4) is 6.07 Å². The molecule has 0 N–H and O–H groups in total. The lowest BCUT2D eigenvalue weighted by Gasteiger charge is -2.69. The van der Waals surface area contributed by atoms with Crippen LogP contribution in [0.25, 0.3) is 0 Å². The maximum atomic E-state index is 14.6. The number of hydrogen-bond acceptors (Lipinski definition) is 5. The zero-order valence-electron chi connectivity index (χ0n) is 25.1. The second-order valence-electron chi connectivity index (χ2n) is 15.7. The van der Waals surface area contributed by atoms with Gasteiger partial charge in [0.1, 0.15) is 12.4 Å². The maximum Gasteiger partial charge on any atom is 0.238 e. The van der Waals surface area contributed by atoms with Crippen molar-refractivity contribution in [2.45, 2.75) is 93.4 Å². The molecule has 0 aromatic carbocycles. The van der Waals surface area contributed by atoms with Crippen LogP contribution in [-0.2, 0) is 9.59 Å². The smallest absolute Gasteiger partial charge is 0.238 e. The van der Waals surface area contributed by atoms with Gasteiger partial charge in [0, 0.05) is 29.1 Å². The van der Waals surface area contributed by atoms with Gasteiger partial charge in [-0.2, -0.15) is 5.26 Å². The van der Waals surface area contributed by atoms with Gasteiger partial charge in [0.25, 0.3) is 0 Å². The van der Waals surface area contributed by atoms with E-state index in [1.807, 2.05) is 26.0 Å². The summed E-state index contributed by atoms with van der Waals surface area (Å²) in [5, 5.41) is 9.92. The predicted molar refractivity (Wildman–Crippen MR) is 152 cm³/mol. The first kappa shape index (κ1) is 27.4. The van der Waals surface area contributed by atoms with Crippen LogP contribution >= 0.6 is 0 Å². The van der Waals surface area contributed by atoms with Crippen LogP contribution in [0.2, 0.25) is 0 Å². The van der Waals surface area contributed by atoms with Crippen LogP contribution in [0.5, 0.6) is 0 Å². The summed E-state index contributed by atoms with van der Waals surface area (Å²) in [7, 11) is 0. The molecular weight excluding hydrogens is 498 g/mol. The molecule has 0 radical (unpaired) electrons. The Hall–Kier alpha value is -2.81. The van der Waals surface area contributed by atoms with Crippen LogP contribution in [0, 0.1) is 61.6 Å². The topological polar surface area (TPSA) is 92.8 Å². The monoisotopic (exact) mass is 541 g/mol. The second-order valence-corrected chi connectivity index (χ2v) is 15.7. The standard InChI is InChI=1S/C34H43N3O3/c1-29(2)10-12-34(28(40)37-15-14-36-20-37)13-11-33(7)26(22(34)18-29)23(38)16-25-31(5)17-21(19-35)27(39)30(3,4)24(31)8-9-32(25,33)6/h14-17,20,22,24,26H,8-13,18H2,1-7H3/t22-,24-,26-,31-,32+,33+,34-/m0/s1. The Kier molecular flexibility index (Phi) is 5.57. The summed E-state index contributed by atoms with van der Waals surface area (Å²) in [5.74, 6) is -0.144. The molecule has 3 fully saturated rings. The fourth-order valence-electron chi connectivity index (χ4n) is 10.6. The number of allylic oxidation sites excluding steroid dienone is 4. The number of carbonyl (C=O) groups excluding carboxylic acids is 3. The average molecular weight is 542 g/mol. The van der Waals surface area contributed by atoms with Crippen LogP contribution in [0.1, 0.15) is 98.2 Å². The van der Waals surface area contributed by atoms with Gasteiger partial charge in [0.05, 0.1) is 11.0 Å². The minimum absolute atomic E-state index is 0.0241. The molecule has 6 rings (SSSR count). The lowest BCUT2D eigenvalue weighted by Crippen LogP contribution is -2.66. The van der Waals surface area contributed by atoms with Crippen LogP contribution in [0.4, 0.5) is 0 Å². The van der Waals surface area contributed by atoms with Crippen LogP contribution in [-0.4, -0.2) is 27.0 Å². The van der Waals surface area contributed by atoms with Crippen molar-refractivity contribution in [1.82, 2.24) is 9.55 Å². The third-order valence-electron chi connectivity index (χ3n) is 13.0. The summed E-state index contributed by atoms with van der Waals surface area (Å²) in [5.41, 5.74) is -1.05. The van der Waals surface area contributed by atoms with Gasteiger partial charge in [-0.15, -0.1) is 0 Å². The first-order valence-corrected chi connectivity index (χ1v) is 15.0. The highest BCUT2D eigenvalue weighted by molar-refractivity contribution is 6.04. The first-order chi connectivity index (χ1) is 18.6. The van der Waals surface area contributed by atoms with Crippen molar-refractivity contribution in [3.05, 3.63) is 42.0 Å². The summed E-state index contributed by atoms with van der Waals surface area (Å²) >= 11 is 0. The number of rotatable bonds is 1. The number of carbonyl (C=O) groups is 3. The maximum absolute atomic E-state index is 14.6. The quantitative estimate of drug-likeness (QED) is 0.392. The minimum atomic E-state index is -0.677. The van der Waals surface area contributed by atoms with E-state index >= 15 is 0 Å². The van der Waals surface area contributed by atoms with E-state index < -0.39 is 16.2 Å². The molecule has 6 nitrogen and oxygen atoms in total. The zero-order valence-corrected chi connectivity index (χ0v) is 25.1. The van der Waals surface area contributed by atoms with Crippen molar-refractivity contribution < 1.29 is 14.4 Å². The van der Waals surface area contributed by atoms with Gasteiger partial charge in [-0.3, -0.25) is 19.0 Å². The van der Waals surface area contributed by atoms with Crippen LogP contribution in [0.15, 0.2) is 42.0 Å². The van der Waals surface area contributed by atoms with Gasteiger partial charge in [0.2, 0.25) is 5.91 Å². The fraction of sp³-hybridized carbons (Fsp3) is 0.676. The molecule has 0 amide bonds. The molecule has 6 heteroatoms. The third-order valence-corrected chi connectivity index (χ3v) is 13.0. The fourth-order valence-corrected chi connectivity index (χ4v) is 10.6. The lowest BCUT2D eigenvalue weighted by molar-refractivity contribution is -0.164. The van der Waals surface area contributed by atoms with E-state index in [0.717, 1.165) is 50.5 Å². The second kappa shape index (κ2) is 8.14. The van der Waals surface area contributed by atoms with Crippen LogP contribution in [0.3, 0.4) is 0 Å². The highest BCUT2D eigenvalue weighted by atomic mass is 16.2. The van der Waals surface area contributed by atoms with E-state index in [1.165, 1.54) is 0 Å². The Morgan fingerprint density at radius 1 is 1.02 bits per heavy atom. The number of nitriles is 1. The van der Waals surface area contributed by atoms with Crippen molar-refractivity contribution >= 4 is 17.5 Å². The van der Waals surface area contributed by atoms with Gasteiger partial charge < -0.3 is 0 Å². The zero-order chi connectivity index (χ0) is 29.1. The van der Waals surface area contributed by atoms with Crippen molar-refractivity contribution in [3.63, 3.8) is 0 Å². The number of hydrogen-bond donors (Lipinski definition) is 0. The number of fused-ring (bicyclic) bond motifs is 7. The molecule has 0 aliphatic heterocycles. The summed E-state index contributed by atoms with van der Waals surface area (Å²) < 4.78 is 1.64. The number of ketones is 2. The van der Waals surface area contributed by atoms with Crippen LogP contribution < -0.4 is 0 Å². The van der Waals surface area contributed by atoms with E-state index in [9.17, 15) is 19.6 Å². The lowest BCUT2D eigenvalue weighted by atomic mass is 9.34. The average Bonchev–Trinajstić information content (AvgIpc) is 3.42. The predicted octanol–water partition coefficient (Wildman–Crippen LogP) is 6.74. The summed E-state index contributed by atoms with van der Waals surface area (Å²) in [6.07, 6.45) is 14.7. The molecule has 1 heterocycles. The van der Waals surface area contributed by atoms with Gasteiger partial charge in [-0.05, 0) is 79.1 Å². The molecule has 212 valence electrons. The summed E-state index contributed by atoms with van der Waals surface area (Å²) in [6.45, 7) is 15.3. The molecule has 7 atom stereocenters. The van der Waals surface area contributed by atoms with Gasteiger partial charge >= 0.3 is 0 Å². The molecular formula is C34H43N3O3. The van der Waals surface area contributed by atoms with Gasteiger partial charge in [-0.25, -0.2) is 4.98 Å². The minimum Gasteiger partial charge on any atom is -0.295 e. The Morgan fingerprint density at radius 3 is 2.38 bits per heavy atom. The molecule has 40 heavy (non-hydrogen) atoms. The molecule has 0 unspecified atom stereocenters. The molecule has 0 saturated heterocycles. The SMILES string of the molecule is CC1(C)CC[C@]2(C(=O)n3ccnc3)CC[C@]3(C)[C@H](C(=O)C=C4[C@@]5(C)C=C(C#N)C(=O)C(C)(C)[C@@H]5CC[C@]43C)[C@@H]2C1. The largest absolute Gasteiger partial charge is 0.295 e. The summed E-state index contributed by atoms with van der Waals surface area (Å²) in [6, 6.07) is 2.18. The molecule has 3 saturated carbocycles. The molecule has 0 spiro atoms. The van der Waals surface area contributed by atoms with Crippen molar-refractivity contribution in [1.29, 1.82) is 5.26 Å². The first-order valence-electron chi connectivity index (χ1n) is 15.0. The van der Waals surface area contributed by atoms with Crippen molar-refractivity contribution in [2.24, 2.45) is 50.2 Å². The van der Waals surface area contributed by atoms with E-state index in [4.69, 9.17) is 0 Å². The van der Waals surface area contributed by atoms with Crippen molar-refractivity contribution in [2.75, 3.05) is 0 Å². The number of aromatic nitrogens is 2. The van der Waals surface area contributed by atoms with Gasteiger partial charge in [0.15, 0.2) is 11.6 Å².